The Labute approximate surface area is 125 Å². The lowest BCUT2D eigenvalue weighted by atomic mass is 10.1. The van der Waals surface area contributed by atoms with Gasteiger partial charge in [-0.1, -0.05) is 25.7 Å². The maximum absolute atomic E-state index is 11.9. The second-order valence-electron chi connectivity index (χ2n) is 5.79. The van der Waals surface area contributed by atoms with E-state index in [0.717, 1.165) is 12.2 Å². The lowest BCUT2D eigenvalue weighted by Gasteiger charge is -2.16. The van der Waals surface area contributed by atoms with Crippen molar-refractivity contribution < 1.29 is 4.79 Å². The fourth-order valence-electron chi connectivity index (χ4n) is 2.78. The van der Waals surface area contributed by atoms with Crippen LogP contribution in [0.1, 0.15) is 54.6 Å². The fraction of sp³-hybridized carbons (Fsp3) is 0.625. The predicted molar refractivity (Wildman–Crippen MR) is 83.6 cm³/mol. The Morgan fingerprint density at radius 3 is 2.62 bits per heavy atom. The van der Waals surface area contributed by atoms with Crippen molar-refractivity contribution in [3.8, 4) is 0 Å². The van der Waals surface area contributed by atoms with Crippen molar-refractivity contribution in [2.45, 2.75) is 51.5 Å². The Morgan fingerprint density at radius 2 is 1.95 bits per heavy atom. The molecule has 1 aromatic rings. The standard InChI is InChI=1S/C16H25N3O2/c1-12-10-15(20)14(11-19-12)16(21)18-9-8-17-13-6-4-2-3-5-7-13/h10-11,13,17H,2-9H2,1H3,(H,18,21)(H,19,20). The van der Waals surface area contributed by atoms with Crippen LogP contribution in [0, 0.1) is 6.92 Å². The molecule has 1 aliphatic carbocycles. The van der Waals surface area contributed by atoms with E-state index >= 15 is 0 Å². The first kappa shape index (κ1) is 15.8. The van der Waals surface area contributed by atoms with Gasteiger partial charge in [0.25, 0.3) is 5.91 Å². The number of hydrogen-bond acceptors (Lipinski definition) is 3. The number of hydrogen-bond donors (Lipinski definition) is 3. The molecule has 0 radical (unpaired) electrons. The van der Waals surface area contributed by atoms with Crippen molar-refractivity contribution in [1.82, 2.24) is 15.6 Å². The molecule has 1 amide bonds. The molecule has 5 nitrogen and oxygen atoms in total. The molecule has 0 bridgehead atoms. The van der Waals surface area contributed by atoms with Crippen LogP contribution < -0.4 is 16.1 Å². The van der Waals surface area contributed by atoms with Crippen molar-refractivity contribution in [2.24, 2.45) is 0 Å². The highest BCUT2D eigenvalue weighted by Gasteiger charge is 2.12. The van der Waals surface area contributed by atoms with Gasteiger partial charge in [-0.25, -0.2) is 0 Å². The second kappa shape index (κ2) is 7.98. The molecule has 0 unspecified atom stereocenters. The van der Waals surface area contributed by atoms with E-state index in [9.17, 15) is 9.59 Å². The normalized spacial score (nSPS) is 16.4. The summed E-state index contributed by atoms with van der Waals surface area (Å²) < 4.78 is 0. The molecule has 1 aromatic heterocycles. The maximum atomic E-state index is 11.9. The third kappa shape index (κ3) is 5.01. The number of nitrogens with one attached hydrogen (secondary N) is 3. The zero-order valence-electron chi connectivity index (χ0n) is 12.7. The van der Waals surface area contributed by atoms with Crippen LogP contribution in [0.2, 0.25) is 0 Å². The first-order valence-corrected chi connectivity index (χ1v) is 7.88. The van der Waals surface area contributed by atoms with Gasteiger partial charge in [-0.15, -0.1) is 0 Å². The number of aromatic amines is 1. The number of amides is 1. The van der Waals surface area contributed by atoms with Gasteiger partial charge in [0.05, 0.1) is 0 Å². The Bertz CT molecular complexity index is 516. The van der Waals surface area contributed by atoms with Crippen LogP contribution in [-0.4, -0.2) is 30.0 Å². The van der Waals surface area contributed by atoms with Crippen LogP contribution in [0.25, 0.3) is 0 Å². The summed E-state index contributed by atoms with van der Waals surface area (Å²) in [6.07, 6.45) is 9.20. The Kier molecular flexibility index (Phi) is 5.99. The third-order valence-electron chi connectivity index (χ3n) is 4.00. The van der Waals surface area contributed by atoms with Crippen LogP contribution in [-0.2, 0) is 0 Å². The predicted octanol–water partition coefficient (Wildman–Crippen LogP) is 1.73. The minimum Gasteiger partial charge on any atom is -0.364 e. The molecular weight excluding hydrogens is 266 g/mol. The average Bonchev–Trinajstić information content (AvgIpc) is 2.72. The summed E-state index contributed by atoms with van der Waals surface area (Å²) >= 11 is 0. The fourth-order valence-corrected chi connectivity index (χ4v) is 2.78. The number of carbonyl (C=O) groups excluding carboxylic acids is 1. The van der Waals surface area contributed by atoms with E-state index in [0.29, 0.717) is 12.6 Å². The number of aromatic nitrogens is 1. The Balaban J connectivity index is 1.72. The van der Waals surface area contributed by atoms with Gasteiger partial charge in [0.15, 0.2) is 5.43 Å². The molecule has 0 atom stereocenters. The summed E-state index contributed by atoms with van der Waals surface area (Å²) in [5.41, 5.74) is 0.696. The van der Waals surface area contributed by atoms with Crippen molar-refractivity contribution in [3.63, 3.8) is 0 Å². The molecule has 0 spiro atoms. The smallest absolute Gasteiger partial charge is 0.256 e. The summed E-state index contributed by atoms with van der Waals surface area (Å²) in [5, 5.41) is 6.28. The summed E-state index contributed by atoms with van der Waals surface area (Å²) in [5.74, 6) is -0.307. The number of carbonyl (C=O) groups is 1. The lowest BCUT2D eigenvalue weighted by molar-refractivity contribution is 0.0952. The van der Waals surface area contributed by atoms with E-state index in [1.54, 1.807) is 6.92 Å². The molecule has 116 valence electrons. The van der Waals surface area contributed by atoms with Crippen molar-refractivity contribution in [2.75, 3.05) is 13.1 Å². The Hall–Kier alpha value is -1.62. The highest BCUT2D eigenvalue weighted by atomic mass is 16.2. The molecule has 1 fully saturated rings. The second-order valence-corrected chi connectivity index (χ2v) is 5.79. The highest BCUT2D eigenvalue weighted by molar-refractivity contribution is 5.93. The zero-order chi connectivity index (χ0) is 15.1. The van der Waals surface area contributed by atoms with E-state index < -0.39 is 0 Å². The van der Waals surface area contributed by atoms with Gasteiger partial charge in [0, 0.05) is 37.1 Å². The van der Waals surface area contributed by atoms with Crippen molar-refractivity contribution in [1.29, 1.82) is 0 Å². The molecule has 1 aliphatic rings. The molecule has 1 saturated carbocycles. The highest BCUT2D eigenvalue weighted by Crippen LogP contribution is 2.16. The molecule has 0 aliphatic heterocycles. The third-order valence-corrected chi connectivity index (χ3v) is 4.00. The monoisotopic (exact) mass is 291 g/mol. The van der Waals surface area contributed by atoms with Gasteiger partial charge in [0.2, 0.25) is 0 Å². The molecule has 1 heterocycles. The van der Waals surface area contributed by atoms with Crippen LogP contribution in [0.15, 0.2) is 17.1 Å². The van der Waals surface area contributed by atoms with Crippen LogP contribution >= 0.6 is 0 Å². The van der Waals surface area contributed by atoms with E-state index in [1.807, 2.05) is 0 Å². The van der Waals surface area contributed by atoms with E-state index in [-0.39, 0.29) is 16.9 Å². The summed E-state index contributed by atoms with van der Waals surface area (Å²) in [6, 6.07) is 2.02. The number of aryl methyl sites for hydroxylation is 1. The maximum Gasteiger partial charge on any atom is 0.256 e. The van der Waals surface area contributed by atoms with Crippen LogP contribution in [0.4, 0.5) is 0 Å². The molecule has 2 rings (SSSR count). The minimum atomic E-state index is -0.307. The largest absolute Gasteiger partial charge is 0.364 e. The van der Waals surface area contributed by atoms with E-state index in [4.69, 9.17) is 0 Å². The quantitative estimate of drug-likeness (QED) is 0.571. The van der Waals surface area contributed by atoms with Crippen molar-refractivity contribution >= 4 is 5.91 Å². The zero-order valence-corrected chi connectivity index (χ0v) is 12.7. The summed E-state index contributed by atoms with van der Waals surface area (Å²) in [4.78, 5) is 26.5. The van der Waals surface area contributed by atoms with Gasteiger partial charge in [0.1, 0.15) is 5.56 Å². The number of rotatable bonds is 5. The van der Waals surface area contributed by atoms with Crippen LogP contribution in [0.3, 0.4) is 0 Å². The molecule has 0 aromatic carbocycles. The van der Waals surface area contributed by atoms with Gasteiger partial charge in [-0.2, -0.15) is 0 Å². The Morgan fingerprint density at radius 1 is 1.24 bits per heavy atom. The van der Waals surface area contributed by atoms with Gasteiger partial charge < -0.3 is 15.6 Å². The first-order chi connectivity index (χ1) is 10.2. The van der Waals surface area contributed by atoms with E-state index in [1.165, 1.54) is 50.8 Å². The van der Waals surface area contributed by atoms with Crippen molar-refractivity contribution in [3.05, 3.63) is 33.7 Å². The first-order valence-electron chi connectivity index (χ1n) is 7.88. The molecule has 3 N–H and O–H groups in total. The molecular formula is C16H25N3O2. The summed E-state index contributed by atoms with van der Waals surface area (Å²) in [6.45, 7) is 3.09. The summed E-state index contributed by atoms with van der Waals surface area (Å²) in [7, 11) is 0. The topological polar surface area (TPSA) is 74.0 Å². The van der Waals surface area contributed by atoms with E-state index in [2.05, 4.69) is 15.6 Å². The molecule has 0 saturated heterocycles. The van der Waals surface area contributed by atoms with Crippen LogP contribution in [0.5, 0.6) is 0 Å². The number of H-pyrrole nitrogens is 1. The van der Waals surface area contributed by atoms with Gasteiger partial charge in [-0.05, 0) is 19.8 Å². The van der Waals surface area contributed by atoms with Gasteiger partial charge >= 0.3 is 0 Å². The minimum absolute atomic E-state index is 0.176. The van der Waals surface area contributed by atoms with Gasteiger partial charge in [-0.3, -0.25) is 9.59 Å². The number of pyridine rings is 1. The lowest BCUT2D eigenvalue weighted by Crippen LogP contribution is -2.38. The molecule has 5 heteroatoms. The average molecular weight is 291 g/mol. The molecule has 21 heavy (non-hydrogen) atoms. The SMILES string of the molecule is Cc1cc(=O)c(C(=O)NCCNC2CCCCCC2)c[nH]1.